The predicted molar refractivity (Wildman–Crippen MR) is 82.8 cm³/mol. The molecule has 1 N–H and O–H groups in total. The topological polar surface area (TPSA) is 38.7 Å². The fourth-order valence-electron chi connectivity index (χ4n) is 1.90. The molecule has 0 fully saturated rings. The highest BCUT2D eigenvalue weighted by Crippen LogP contribution is 2.35. The van der Waals surface area contributed by atoms with Crippen molar-refractivity contribution in [3.8, 4) is 11.5 Å². The highest BCUT2D eigenvalue weighted by Gasteiger charge is 2.17. The third-order valence-electron chi connectivity index (χ3n) is 2.97. The zero-order valence-corrected chi connectivity index (χ0v) is 13.4. The van der Waals surface area contributed by atoms with Gasteiger partial charge < -0.3 is 14.6 Å². The van der Waals surface area contributed by atoms with Gasteiger partial charge in [-0.15, -0.1) is 0 Å². The number of aliphatic hydroxyl groups is 1. The lowest BCUT2D eigenvalue weighted by atomic mass is 10.0. The molecule has 3 nitrogen and oxygen atoms in total. The van der Waals surface area contributed by atoms with Gasteiger partial charge in [0.25, 0.3) is 0 Å². The zero-order valence-electron chi connectivity index (χ0n) is 11.1. The number of halogens is 2. The van der Waals surface area contributed by atoms with E-state index in [2.05, 4.69) is 15.9 Å². The molecule has 2 rings (SSSR count). The molecular formula is C15H14BrClO3. The third-order valence-corrected chi connectivity index (χ3v) is 4.28. The maximum absolute atomic E-state index is 10.5. The summed E-state index contributed by atoms with van der Waals surface area (Å²) in [6.07, 6.45) is -0.857. The van der Waals surface area contributed by atoms with E-state index < -0.39 is 6.10 Å². The van der Waals surface area contributed by atoms with Gasteiger partial charge in [0.15, 0.2) is 0 Å². The smallest absolute Gasteiger partial charge is 0.122 e. The maximum Gasteiger partial charge on any atom is 0.122 e. The van der Waals surface area contributed by atoms with Crippen LogP contribution < -0.4 is 9.47 Å². The second-order valence-electron chi connectivity index (χ2n) is 4.19. The van der Waals surface area contributed by atoms with Crippen LogP contribution in [-0.2, 0) is 0 Å². The van der Waals surface area contributed by atoms with E-state index in [-0.39, 0.29) is 0 Å². The number of methoxy groups -OCH3 is 2. The van der Waals surface area contributed by atoms with Crippen molar-refractivity contribution < 1.29 is 14.6 Å². The molecule has 1 atom stereocenters. The number of aliphatic hydroxyl groups excluding tert-OH is 1. The molecule has 0 radical (unpaired) electrons. The van der Waals surface area contributed by atoms with E-state index in [0.717, 1.165) is 4.47 Å². The lowest BCUT2D eigenvalue weighted by Crippen LogP contribution is -2.02. The van der Waals surface area contributed by atoms with Crippen molar-refractivity contribution in [2.24, 2.45) is 0 Å². The number of rotatable bonds is 4. The van der Waals surface area contributed by atoms with E-state index in [1.807, 2.05) is 12.1 Å². The summed E-state index contributed by atoms with van der Waals surface area (Å²) in [5, 5.41) is 11.0. The standard InChI is InChI=1S/C15H14BrClO3/c1-19-10-6-9(7-11(8-10)20-2)15(18)12-4-3-5-13(16)14(12)17/h3-8,15,18H,1-2H3. The summed E-state index contributed by atoms with van der Waals surface area (Å²) >= 11 is 9.57. The molecule has 20 heavy (non-hydrogen) atoms. The fraction of sp³-hybridized carbons (Fsp3) is 0.200. The van der Waals surface area contributed by atoms with Gasteiger partial charge in [0.05, 0.1) is 19.2 Å². The second-order valence-corrected chi connectivity index (χ2v) is 5.42. The van der Waals surface area contributed by atoms with Gasteiger partial charge in [-0.1, -0.05) is 23.7 Å². The van der Waals surface area contributed by atoms with Crippen molar-refractivity contribution >= 4 is 27.5 Å². The quantitative estimate of drug-likeness (QED) is 0.891. The largest absolute Gasteiger partial charge is 0.497 e. The first-order valence-electron chi connectivity index (χ1n) is 5.91. The van der Waals surface area contributed by atoms with E-state index >= 15 is 0 Å². The molecule has 0 aliphatic carbocycles. The first kappa shape index (κ1) is 15.2. The molecule has 0 spiro atoms. The van der Waals surface area contributed by atoms with E-state index in [1.54, 1.807) is 38.5 Å². The predicted octanol–water partition coefficient (Wildman–Crippen LogP) is 4.20. The van der Waals surface area contributed by atoms with E-state index in [9.17, 15) is 5.11 Å². The summed E-state index contributed by atoms with van der Waals surface area (Å²) in [6.45, 7) is 0. The van der Waals surface area contributed by atoms with Crippen LogP contribution in [0.1, 0.15) is 17.2 Å². The van der Waals surface area contributed by atoms with Crippen LogP contribution in [0.4, 0.5) is 0 Å². The first-order chi connectivity index (χ1) is 9.56. The van der Waals surface area contributed by atoms with Gasteiger partial charge in [0.1, 0.15) is 17.6 Å². The van der Waals surface area contributed by atoms with Gasteiger partial charge in [0, 0.05) is 16.1 Å². The summed E-state index contributed by atoms with van der Waals surface area (Å²) in [4.78, 5) is 0. The monoisotopic (exact) mass is 356 g/mol. The summed E-state index contributed by atoms with van der Waals surface area (Å²) < 4.78 is 11.1. The van der Waals surface area contributed by atoms with Crippen molar-refractivity contribution in [3.05, 3.63) is 57.0 Å². The average molecular weight is 358 g/mol. The van der Waals surface area contributed by atoms with Crippen molar-refractivity contribution in [1.82, 2.24) is 0 Å². The Kier molecular flexibility index (Phi) is 4.91. The van der Waals surface area contributed by atoms with Crippen LogP contribution in [-0.4, -0.2) is 19.3 Å². The van der Waals surface area contributed by atoms with Crippen LogP contribution in [0.25, 0.3) is 0 Å². The van der Waals surface area contributed by atoms with Gasteiger partial charge in [0.2, 0.25) is 0 Å². The van der Waals surface area contributed by atoms with Gasteiger partial charge in [-0.2, -0.15) is 0 Å². The molecule has 0 saturated carbocycles. The molecule has 5 heteroatoms. The van der Waals surface area contributed by atoms with Gasteiger partial charge in [-0.25, -0.2) is 0 Å². The molecule has 0 amide bonds. The van der Waals surface area contributed by atoms with E-state index in [4.69, 9.17) is 21.1 Å². The van der Waals surface area contributed by atoms with Crippen molar-refractivity contribution in [2.45, 2.75) is 6.10 Å². The van der Waals surface area contributed by atoms with Crippen LogP contribution in [0, 0.1) is 0 Å². The fourth-order valence-corrected chi connectivity index (χ4v) is 2.51. The highest BCUT2D eigenvalue weighted by atomic mass is 79.9. The Morgan fingerprint density at radius 2 is 1.70 bits per heavy atom. The molecule has 106 valence electrons. The van der Waals surface area contributed by atoms with Crippen LogP contribution in [0.15, 0.2) is 40.9 Å². The van der Waals surface area contributed by atoms with Crippen LogP contribution in [0.5, 0.6) is 11.5 Å². The van der Waals surface area contributed by atoms with E-state index in [0.29, 0.717) is 27.6 Å². The first-order valence-corrected chi connectivity index (χ1v) is 7.09. The molecule has 1 unspecified atom stereocenters. The minimum Gasteiger partial charge on any atom is -0.497 e. The lowest BCUT2D eigenvalue weighted by molar-refractivity contribution is 0.219. The van der Waals surface area contributed by atoms with Crippen molar-refractivity contribution in [2.75, 3.05) is 14.2 Å². The Labute approximate surface area is 131 Å². The zero-order chi connectivity index (χ0) is 14.7. The Balaban J connectivity index is 2.47. The van der Waals surface area contributed by atoms with Crippen molar-refractivity contribution in [3.63, 3.8) is 0 Å². The highest BCUT2D eigenvalue weighted by molar-refractivity contribution is 9.10. The van der Waals surface area contributed by atoms with E-state index in [1.165, 1.54) is 0 Å². The number of hydrogen-bond acceptors (Lipinski definition) is 3. The Bertz CT molecular complexity index is 594. The normalized spacial score (nSPS) is 12.1. The van der Waals surface area contributed by atoms with Gasteiger partial charge >= 0.3 is 0 Å². The molecule has 0 aliphatic rings. The van der Waals surface area contributed by atoms with Crippen LogP contribution in [0.3, 0.4) is 0 Å². The molecular weight excluding hydrogens is 344 g/mol. The van der Waals surface area contributed by atoms with Crippen LogP contribution >= 0.6 is 27.5 Å². The number of ether oxygens (including phenoxy) is 2. The second kappa shape index (κ2) is 6.48. The molecule has 0 aliphatic heterocycles. The Morgan fingerprint density at radius 1 is 1.10 bits per heavy atom. The molecule has 0 aromatic heterocycles. The molecule has 2 aromatic rings. The molecule has 2 aromatic carbocycles. The third kappa shape index (κ3) is 3.08. The summed E-state index contributed by atoms with van der Waals surface area (Å²) in [7, 11) is 3.13. The Hall–Kier alpha value is -1.23. The average Bonchev–Trinajstić information content (AvgIpc) is 2.48. The Morgan fingerprint density at radius 3 is 2.25 bits per heavy atom. The van der Waals surface area contributed by atoms with Gasteiger partial charge in [-0.3, -0.25) is 0 Å². The minimum atomic E-state index is -0.857. The minimum absolute atomic E-state index is 0.488. The SMILES string of the molecule is COc1cc(OC)cc(C(O)c2cccc(Br)c2Cl)c1. The van der Waals surface area contributed by atoms with Crippen LogP contribution in [0.2, 0.25) is 5.02 Å². The summed E-state index contributed by atoms with van der Waals surface area (Å²) in [6, 6.07) is 10.7. The number of benzene rings is 2. The number of hydrogen-bond donors (Lipinski definition) is 1. The molecule has 0 heterocycles. The van der Waals surface area contributed by atoms with Gasteiger partial charge in [-0.05, 0) is 39.7 Å². The summed E-state index contributed by atoms with van der Waals surface area (Å²) in [5.41, 5.74) is 1.28. The summed E-state index contributed by atoms with van der Waals surface area (Å²) in [5.74, 6) is 1.23. The lowest BCUT2D eigenvalue weighted by Gasteiger charge is -2.16. The molecule has 0 bridgehead atoms. The molecule has 0 saturated heterocycles. The van der Waals surface area contributed by atoms with Crippen molar-refractivity contribution in [1.29, 1.82) is 0 Å². The maximum atomic E-state index is 10.5.